The van der Waals surface area contributed by atoms with Crippen LogP contribution in [0.3, 0.4) is 0 Å². The number of carbonyl (C=O) groups excluding carboxylic acids is 2. The molecule has 2 unspecified atom stereocenters. The summed E-state index contributed by atoms with van der Waals surface area (Å²) < 4.78 is 0. The number of carbonyl (C=O) groups is 2. The van der Waals surface area contributed by atoms with Crippen molar-refractivity contribution in [2.24, 2.45) is 5.92 Å². The number of Topliss-reactive ketones (excluding diaryl/α,β-unsaturated/α-hetero) is 1. The van der Waals surface area contributed by atoms with Crippen LogP contribution in [0.4, 0.5) is 10.5 Å². The second-order valence-corrected chi connectivity index (χ2v) is 5.60. The lowest BCUT2D eigenvalue weighted by Crippen LogP contribution is -2.43. The van der Waals surface area contributed by atoms with Crippen LogP contribution in [0.15, 0.2) is 24.3 Å². The monoisotopic (exact) mass is 274 g/mol. The van der Waals surface area contributed by atoms with Crippen LogP contribution in [0.5, 0.6) is 0 Å². The van der Waals surface area contributed by atoms with Crippen LogP contribution in [0, 0.1) is 5.92 Å². The standard InChI is InChI=1S/C16H22N2O2/c1-11-6-3-4-9-15(11)18-16(20)17-14-8-5-7-13(10-14)12(2)19/h5,7-8,10-11,15H,3-4,6,9H2,1-2H3,(H2,17,18,20). The predicted molar refractivity (Wildman–Crippen MR) is 80.0 cm³/mol. The summed E-state index contributed by atoms with van der Waals surface area (Å²) in [5, 5.41) is 5.83. The first-order chi connectivity index (χ1) is 9.56. The maximum Gasteiger partial charge on any atom is 0.319 e. The zero-order valence-corrected chi connectivity index (χ0v) is 12.1. The minimum absolute atomic E-state index is 0.00467. The van der Waals surface area contributed by atoms with Gasteiger partial charge in [-0.25, -0.2) is 4.79 Å². The highest BCUT2D eigenvalue weighted by Gasteiger charge is 2.22. The Hall–Kier alpha value is -1.84. The molecule has 0 aromatic heterocycles. The number of rotatable bonds is 3. The minimum Gasteiger partial charge on any atom is -0.335 e. The fraction of sp³-hybridized carbons (Fsp3) is 0.500. The summed E-state index contributed by atoms with van der Waals surface area (Å²) in [6.07, 6.45) is 4.64. The summed E-state index contributed by atoms with van der Waals surface area (Å²) in [5.41, 5.74) is 1.26. The van der Waals surface area contributed by atoms with Crippen molar-refractivity contribution in [2.45, 2.75) is 45.6 Å². The van der Waals surface area contributed by atoms with E-state index in [4.69, 9.17) is 0 Å². The average molecular weight is 274 g/mol. The van der Waals surface area contributed by atoms with Crippen molar-refractivity contribution in [3.63, 3.8) is 0 Å². The average Bonchev–Trinajstić information content (AvgIpc) is 2.41. The molecule has 2 atom stereocenters. The lowest BCUT2D eigenvalue weighted by molar-refractivity contribution is 0.101. The van der Waals surface area contributed by atoms with Crippen molar-refractivity contribution in [3.05, 3.63) is 29.8 Å². The molecule has 1 aliphatic rings. The molecule has 108 valence electrons. The fourth-order valence-corrected chi connectivity index (χ4v) is 2.68. The van der Waals surface area contributed by atoms with Gasteiger partial charge in [0, 0.05) is 17.3 Å². The van der Waals surface area contributed by atoms with Crippen molar-refractivity contribution in [1.82, 2.24) is 5.32 Å². The first-order valence-corrected chi connectivity index (χ1v) is 7.25. The molecule has 0 radical (unpaired) electrons. The normalized spacial score (nSPS) is 22.1. The molecule has 1 aliphatic carbocycles. The van der Waals surface area contributed by atoms with Crippen LogP contribution in [0.2, 0.25) is 0 Å². The Balaban J connectivity index is 1.94. The quantitative estimate of drug-likeness (QED) is 0.827. The fourth-order valence-electron chi connectivity index (χ4n) is 2.68. The van der Waals surface area contributed by atoms with Gasteiger partial charge in [-0.3, -0.25) is 4.79 Å². The summed E-state index contributed by atoms with van der Waals surface area (Å²) in [6.45, 7) is 3.70. The van der Waals surface area contributed by atoms with Gasteiger partial charge < -0.3 is 10.6 Å². The second-order valence-electron chi connectivity index (χ2n) is 5.60. The van der Waals surface area contributed by atoms with E-state index in [0.717, 1.165) is 6.42 Å². The smallest absolute Gasteiger partial charge is 0.319 e. The summed E-state index contributed by atoms with van der Waals surface area (Å²) >= 11 is 0. The Bertz CT molecular complexity index is 499. The summed E-state index contributed by atoms with van der Waals surface area (Å²) in [4.78, 5) is 23.3. The summed E-state index contributed by atoms with van der Waals surface area (Å²) in [6, 6.07) is 7.07. The molecule has 4 nitrogen and oxygen atoms in total. The number of nitrogens with one attached hydrogen (secondary N) is 2. The maximum atomic E-state index is 12.0. The molecular weight excluding hydrogens is 252 g/mol. The van der Waals surface area contributed by atoms with E-state index in [0.29, 0.717) is 17.2 Å². The molecule has 1 aromatic rings. The lowest BCUT2D eigenvalue weighted by Gasteiger charge is -2.29. The van der Waals surface area contributed by atoms with E-state index in [1.165, 1.54) is 26.2 Å². The number of amides is 2. The number of hydrogen-bond acceptors (Lipinski definition) is 2. The highest BCUT2D eigenvalue weighted by molar-refractivity contribution is 5.96. The van der Waals surface area contributed by atoms with Gasteiger partial charge in [0.1, 0.15) is 0 Å². The van der Waals surface area contributed by atoms with Gasteiger partial charge in [-0.1, -0.05) is 31.9 Å². The van der Waals surface area contributed by atoms with Crippen LogP contribution in [-0.2, 0) is 0 Å². The highest BCUT2D eigenvalue weighted by Crippen LogP contribution is 2.23. The number of hydrogen-bond donors (Lipinski definition) is 2. The topological polar surface area (TPSA) is 58.2 Å². The molecule has 0 aliphatic heterocycles. The molecule has 2 amide bonds. The first kappa shape index (κ1) is 14.6. The Labute approximate surface area is 119 Å². The van der Waals surface area contributed by atoms with Crippen molar-refractivity contribution in [1.29, 1.82) is 0 Å². The van der Waals surface area contributed by atoms with Gasteiger partial charge in [0.2, 0.25) is 0 Å². The second kappa shape index (κ2) is 6.55. The highest BCUT2D eigenvalue weighted by atomic mass is 16.2. The van der Waals surface area contributed by atoms with E-state index in [2.05, 4.69) is 17.6 Å². The van der Waals surface area contributed by atoms with Gasteiger partial charge in [-0.2, -0.15) is 0 Å². The molecular formula is C16H22N2O2. The molecule has 2 rings (SSSR count). The summed E-state index contributed by atoms with van der Waals surface area (Å²) in [7, 11) is 0. The van der Waals surface area contributed by atoms with Crippen LogP contribution < -0.4 is 10.6 Å². The van der Waals surface area contributed by atoms with Crippen molar-refractivity contribution in [3.8, 4) is 0 Å². The molecule has 0 saturated heterocycles. The Morgan fingerprint density at radius 1 is 1.20 bits per heavy atom. The van der Waals surface area contributed by atoms with Crippen molar-refractivity contribution in [2.75, 3.05) is 5.32 Å². The van der Waals surface area contributed by atoms with Gasteiger partial charge in [0.05, 0.1) is 0 Å². The van der Waals surface area contributed by atoms with E-state index >= 15 is 0 Å². The minimum atomic E-state index is -0.190. The van der Waals surface area contributed by atoms with Crippen LogP contribution >= 0.6 is 0 Å². The van der Waals surface area contributed by atoms with E-state index in [9.17, 15) is 9.59 Å². The molecule has 1 aromatic carbocycles. The lowest BCUT2D eigenvalue weighted by atomic mass is 9.86. The van der Waals surface area contributed by atoms with Gasteiger partial charge in [-0.05, 0) is 37.8 Å². The molecule has 0 heterocycles. The molecule has 1 saturated carbocycles. The third kappa shape index (κ3) is 3.83. The number of urea groups is 1. The maximum absolute atomic E-state index is 12.0. The van der Waals surface area contributed by atoms with Gasteiger partial charge in [-0.15, -0.1) is 0 Å². The number of anilines is 1. The molecule has 2 N–H and O–H groups in total. The molecule has 0 spiro atoms. The largest absolute Gasteiger partial charge is 0.335 e. The van der Waals surface area contributed by atoms with E-state index < -0.39 is 0 Å². The number of ketones is 1. The van der Waals surface area contributed by atoms with E-state index in [1.807, 2.05) is 0 Å². The van der Waals surface area contributed by atoms with Crippen LogP contribution in [0.25, 0.3) is 0 Å². The SMILES string of the molecule is CC(=O)c1cccc(NC(=O)NC2CCCCC2C)c1. The van der Waals surface area contributed by atoms with Gasteiger partial charge in [0.25, 0.3) is 0 Å². The zero-order valence-electron chi connectivity index (χ0n) is 12.1. The van der Waals surface area contributed by atoms with E-state index in [-0.39, 0.29) is 17.9 Å². The van der Waals surface area contributed by atoms with Gasteiger partial charge in [0.15, 0.2) is 5.78 Å². The van der Waals surface area contributed by atoms with Gasteiger partial charge >= 0.3 is 6.03 Å². The molecule has 0 bridgehead atoms. The molecule has 4 heteroatoms. The van der Waals surface area contributed by atoms with Crippen LogP contribution in [0.1, 0.15) is 49.9 Å². The van der Waals surface area contributed by atoms with Crippen LogP contribution in [-0.4, -0.2) is 17.9 Å². The first-order valence-electron chi connectivity index (χ1n) is 7.25. The van der Waals surface area contributed by atoms with Crippen molar-refractivity contribution >= 4 is 17.5 Å². The third-order valence-electron chi connectivity index (χ3n) is 3.95. The van der Waals surface area contributed by atoms with E-state index in [1.54, 1.807) is 24.3 Å². The molecule has 1 fully saturated rings. The molecule has 20 heavy (non-hydrogen) atoms. The Kier molecular flexibility index (Phi) is 4.77. The summed E-state index contributed by atoms with van der Waals surface area (Å²) in [5.74, 6) is 0.521. The van der Waals surface area contributed by atoms with Crippen molar-refractivity contribution < 1.29 is 9.59 Å². The number of benzene rings is 1. The Morgan fingerprint density at radius 2 is 1.95 bits per heavy atom. The predicted octanol–water partition coefficient (Wildman–Crippen LogP) is 3.59. The Morgan fingerprint density at radius 3 is 2.65 bits per heavy atom. The third-order valence-corrected chi connectivity index (χ3v) is 3.95. The zero-order chi connectivity index (χ0) is 14.5.